The van der Waals surface area contributed by atoms with Gasteiger partial charge in [-0.2, -0.15) is 0 Å². The number of hydrogen-bond acceptors (Lipinski definition) is 8. The maximum absolute atomic E-state index is 12.9. The van der Waals surface area contributed by atoms with Gasteiger partial charge in [-0.05, 0) is 98.4 Å². The standard InChI is InChI=1S/C35H51N3O7/c1-10-22-21-38-14-12-24-16-30(42-7)32(44-9)19-27(24)28(38)17-25(22)26-18-31(43-8)29(41-6)15-23(26)11-13-37(5)33(39)20-36-34(40)45-35(2,3)4/h15-16,18-19,22,25,28H,10-14,17,20-21H2,1-9H3,(H,36,40). The molecule has 1 N–H and O–H groups in total. The minimum absolute atomic E-state index is 0.129. The molecule has 0 saturated carbocycles. The second-order valence-electron chi connectivity index (χ2n) is 13.0. The van der Waals surface area contributed by atoms with E-state index < -0.39 is 11.7 Å². The lowest BCUT2D eigenvalue weighted by atomic mass is 9.71. The number of hydrogen-bond donors (Lipinski definition) is 1. The molecule has 1 fully saturated rings. The van der Waals surface area contributed by atoms with Crippen molar-refractivity contribution in [2.45, 2.75) is 70.9 Å². The van der Waals surface area contributed by atoms with Crippen molar-refractivity contribution in [3.63, 3.8) is 0 Å². The molecule has 2 aliphatic heterocycles. The minimum Gasteiger partial charge on any atom is -0.493 e. The number of benzene rings is 2. The van der Waals surface area contributed by atoms with Crippen molar-refractivity contribution in [2.75, 3.05) is 61.7 Å². The van der Waals surface area contributed by atoms with Crippen LogP contribution in [0.1, 0.15) is 74.8 Å². The number of alkyl carbamates (subject to hydrolysis) is 1. The Labute approximate surface area is 268 Å². The summed E-state index contributed by atoms with van der Waals surface area (Å²) in [7, 11) is 8.44. The first-order valence-corrected chi connectivity index (χ1v) is 15.9. The van der Waals surface area contributed by atoms with E-state index in [0.29, 0.717) is 30.4 Å². The highest BCUT2D eigenvalue weighted by Gasteiger charge is 2.40. The van der Waals surface area contributed by atoms with E-state index in [1.54, 1.807) is 61.2 Å². The second kappa shape index (κ2) is 14.6. The number of ether oxygens (including phenoxy) is 5. The lowest BCUT2D eigenvalue weighted by molar-refractivity contribution is -0.128. The zero-order chi connectivity index (χ0) is 32.9. The van der Waals surface area contributed by atoms with Gasteiger partial charge in [-0.3, -0.25) is 9.69 Å². The fourth-order valence-electron chi connectivity index (χ4n) is 6.74. The lowest BCUT2D eigenvalue weighted by Gasteiger charge is -2.48. The SMILES string of the molecule is CCC1CN2CCc3cc(OC)c(OC)cc3C2CC1c1cc(OC)c(OC)cc1CCN(C)C(=O)CNC(=O)OC(C)(C)C. The van der Waals surface area contributed by atoms with Crippen LogP contribution in [0.5, 0.6) is 23.0 Å². The van der Waals surface area contributed by atoms with Crippen molar-refractivity contribution < 1.29 is 33.3 Å². The van der Waals surface area contributed by atoms with Crippen molar-refractivity contribution in [3.05, 3.63) is 46.5 Å². The fourth-order valence-corrected chi connectivity index (χ4v) is 6.74. The molecule has 2 amide bonds. The number of fused-ring (bicyclic) bond motifs is 3. The number of carbonyl (C=O) groups excluding carboxylic acids is 2. The number of nitrogens with zero attached hydrogens (tertiary/aromatic N) is 2. The summed E-state index contributed by atoms with van der Waals surface area (Å²) in [6, 6.07) is 8.76. The van der Waals surface area contributed by atoms with Gasteiger partial charge in [-0.25, -0.2) is 4.79 Å². The Kier molecular flexibility index (Phi) is 11.1. The summed E-state index contributed by atoms with van der Waals surface area (Å²) in [4.78, 5) is 29.3. The third kappa shape index (κ3) is 7.95. The van der Waals surface area contributed by atoms with E-state index >= 15 is 0 Å². The number of carbonyl (C=O) groups is 2. The largest absolute Gasteiger partial charge is 0.493 e. The van der Waals surface area contributed by atoms with Crippen molar-refractivity contribution in [1.82, 2.24) is 15.1 Å². The molecule has 1 saturated heterocycles. The van der Waals surface area contributed by atoms with E-state index in [-0.39, 0.29) is 24.4 Å². The van der Waals surface area contributed by atoms with Crippen LogP contribution in [0.25, 0.3) is 0 Å². The Morgan fingerprint density at radius 2 is 1.53 bits per heavy atom. The zero-order valence-electron chi connectivity index (χ0n) is 28.5. The molecule has 0 spiro atoms. The van der Waals surface area contributed by atoms with Crippen molar-refractivity contribution >= 4 is 12.0 Å². The first kappa shape index (κ1) is 34.2. The van der Waals surface area contributed by atoms with Gasteiger partial charge in [0.2, 0.25) is 5.91 Å². The Hall–Kier alpha value is -3.66. The van der Waals surface area contributed by atoms with Crippen molar-refractivity contribution in [1.29, 1.82) is 0 Å². The van der Waals surface area contributed by atoms with Gasteiger partial charge in [0.1, 0.15) is 12.1 Å². The van der Waals surface area contributed by atoms with E-state index in [1.807, 2.05) is 0 Å². The molecule has 45 heavy (non-hydrogen) atoms. The Bertz CT molecular complexity index is 1360. The minimum atomic E-state index is -0.631. The summed E-state index contributed by atoms with van der Waals surface area (Å²) in [5.41, 5.74) is 4.36. The van der Waals surface area contributed by atoms with Gasteiger partial charge in [0.05, 0.1) is 28.4 Å². The highest BCUT2D eigenvalue weighted by atomic mass is 16.6. The van der Waals surface area contributed by atoms with Crippen LogP contribution in [0.2, 0.25) is 0 Å². The normalized spacial score (nSPS) is 19.5. The summed E-state index contributed by atoms with van der Waals surface area (Å²) in [5.74, 6) is 3.44. The topological polar surface area (TPSA) is 98.8 Å². The molecule has 3 atom stereocenters. The molecule has 0 bridgehead atoms. The Balaban J connectivity index is 1.60. The van der Waals surface area contributed by atoms with Gasteiger partial charge in [0.15, 0.2) is 23.0 Å². The van der Waals surface area contributed by atoms with E-state index in [2.05, 4.69) is 41.4 Å². The van der Waals surface area contributed by atoms with Crippen LogP contribution in [0.3, 0.4) is 0 Å². The molecule has 10 heteroatoms. The van der Waals surface area contributed by atoms with Gasteiger partial charge >= 0.3 is 6.09 Å². The number of methoxy groups -OCH3 is 4. The monoisotopic (exact) mass is 625 g/mol. The molecule has 2 aromatic rings. The van der Waals surface area contributed by atoms with E-state index in [0.717, 1.165) is 49.4 Å². The molecule has 2 aromatic carbocycles. The quantitative estimate of drug-likeness (QED) is 0.357. The molecule has 10 nitrogen and oxygen atoms in total. The number of amides is 2. The van der Waals surface area contributed by atoms with Crippen molar-refractivity contribution in [2.24, 2.45) is 5.92 Å². The third-order valence-electron chi connectivity index (χ3n) is 9.12. The number of nitrogens with one attached hydrogen (secondary N) is 1. The van der Waals surface area contributed by atoms with E-state index in [9.17, 15) is 9.59 Å². The molecule has 0 aromatic heterocycles. The molecule has 2 aliphatic rings. The molecule has 248 valence electrons. The smallest absolute Gasteiger partial charge is 0.408 e. The predicted octanol–water partition coefficient (Wildman–Crippen LogP) is 5.36. The molecule has 0 radical (unpaired) electrons. The van der Waals surface area contributed by atoms with Gasteiger partial charge < -0.3 is 33.9 Å². The average molecular weight is 626 g/mol. The van der Waals surface area contributed by atoms with Crippen LogP contribution < -0.4 is 24.3 Å². The highest BCUT2D eigenvalue weighted by molar-refractivity contribution is 5.82. The summed E-state index contributed by atoms with van der Waals surface area (Å²) in [6.07, 6.45) is 3.02. The van der Waals surface area contributed by atoms with Crippen LogP contribution in [-0.2, 0) is 22.4 Å². The fraction of sp³-hybridized carbons (Fsp3) is 0.600. The number of piperidine rings is 1. The van der Waals surface area contributed by atoms with E-state index in [1.165, 1.54) is 16.7 Å². The van der Waals surface area contributed by atoms with Gasteiger partial charge in [0.25, 0.3) is 0 Å². The molecular weight excluding hydrogens is 574 g/mol. The molecule has 0 aliphatic carbocycles. The summed E-state index contributed by atoms with van der Waals surface area (Å²) >= 11 is 0. The van der Waals surface area contributed by atoms with E-state index in [4.69, 9.17) is 23.7 Å². The van der Waals surface area contributed by atoms with Gasteiger partial charge in [0, 0.05) is 32.7 Å². The Morgan fingerprint density at radius 1 is 0.933 bits per heavy atom. The number of rotatable bonds is 11. The van der Waals surface area contributed by atoms with Crippen LogP contribution in [-0.4, -0.2) is 89.1 Å². The summed E-state index contributed by atoms with van der Waals surface area (Å²) in [5, 5.41) is 2.57. The molecular formula is C35H51N3O7. The molecule has 3 unspecified atom stereocenters. The highest BCUT2D eigenvalue weighted by Crippen LogP contribution is 2.50. The maximum atomic E-state index is 12.9. The van der Waals surface area contributed by atoms with Crippen molar-refractivity contribution in [3.8, 4) is 23.0 Å². The zero-order valence-corrected chi connectivity index (χ0v) is 28.5. The van der Waals surface area contributed by atoms with Crippen LogP contribution in [0, 0.1) is 5.92 Å². The second-order valence-corrected chi connectivity index (χ2v) is 13.0. The first-order valence-electron chi connectivity index (χ1n) is 15.9. The molecule has 4 rings (SSSR count). The predicted molar refractivity (Wildman–Crippen MR) is 174 cm³/mol. The summed E-state index contributed by atoms with van der Waals surface area (Å²) in [6.45, 7) is 10.0. The summed E-state index contributed by atoms with van der Waals surface area (Å²) < 4.78 is 28.1. The van der Waals surface area contributed by atoms with Crippen LogP contribution in [0.15, 0.2) is 24.3 Å². The first-order chi connectivity index (χ1) is 21.4. The van der Waals surface area contributed by atoms with Crippen LogP contribution in [0.4, 0.5) is 4.79 Å². The lowest BCUT2D eigenvalue weighted by Crippen LogP contribution is -2.45. The average Bonchev–Trinajstić information content (AvgIpc) is 3.03. The van der Waals surface area contributed by atoms with Crippen LogP contribution >= 0.6 is 0 Å². The third-order valence-corrected chi connectivity index (χ3v) is 9.12. The van der Waals surface area contributed by atoms with Gasteiger partial charge in [-0.1, -0.05) is 13.3 Å². The number of likely N-dealkylation sites (N-methyl/N-ethyl adjacent to an activating group) is 1. The molecule has 2 heterocycles. The maximum Gasteiger partial charge on any atom is 0.408 e. The van der Waals surface area contributed by atoms with Gasteiger partial charge in [-0.15, -0.1) is 0 Å². The Morgan fingerprint density at radius 3 is 2.13 bits per heavy atom.